The van der Waals surface area contributed by atoms with Crippen molar-refractivity contribution in [3.05, 3.63) is 29.8 Å². The van der Waals surface area contributed by atoms with Crippen molar-refractivity contribution < 1.29 is 14.4 Å². The highest BCUT2D eigenvalue weighted by Crippen LogP contribution is 2.46. The maximum absolute atomic E-state index is 12.7. The molecule has 1 saturated heterocycles. The second-order valence-corrected chi connectivity index (χ2v) is 7.68. The van der Waals surface area contributed by atoms with E-state index in [4.69, 9.17) is 0 Å². The highest BCUT2D eigenvalue weighted by atomic mass is 16.2. The van der Waals surface area contributed by atoms with Crippen LogP contribution in [0.2, 0.25) is 0 Å². The van der Waals surface area contributed by atoms with Gasteiger partial charge in [-0.15, -0.1) is 0 Å². The number of para-hydroxylation sites is 1. The van der Waals surface area contributed by atoms with E-state index in [1.807, 2.05) is 24.3 Å². The Labute approximate surface area is 157 Å². The lowest BCUT2D eigenvalue weighted by molar-refractivity contribution is -0.136. The van der Waals surface area contributed by atoms with E-state index in [2.05, 4.69) is 16.7 Å². The summed E-state index contributed by atoms with van der Waals surface area (Å²) in [5.41, 5.74) is 0.641. The van der Waals surface area contributed by atoms with Crippen LogP contribution in [0.1, 0.15) is 44.1 Å². The lowest BCUT2D eigenvalue weighted by atomic mass is 9.80. The summed E-state index contributed by atoms with van der Waals surface area (Å²) in [4.78, 5) is 39.1. The third-order valence-electron chi connectivity index (χ3n) is 5.99. The number of anilines is 1. The number of nitriles is 1. The number of amides is 3. The molecule has 1 aromatic rings. The highest BCUT2D eigenvalue weighted by molar-refractivity contribution is 6.07. The van der Waals surface area contributed by atoms with Gasteiger partial charge in [0, 0.05) is 24.7 Å². The fourth-order valence-corrected chi connectivity index (χ4v) is 4.60. The van der Waals surface area contributed by atoms with Gasteiger partial charge in [0.25, 0.3) is 0 Å². The molecule has 7 heteroatoms. The number of hydrogen-bond acceptors (Lipinski definition) is 4. The van der Waals surface area contributed by atoms with Crippen LogP contribution in [0.25, 0.3) is 0 Å². The number of benzene rings is 1. The number of hydrogen-bond donors (Lipinski definition) is 2. The van der Waals surface area contributed by atoms with Crippen molar-refractivity contribution in [1.29, 1.82) is 5.26 Å². The van der Waals surface area contributed by atoms with Crippen molar-refractivity contribution >= 4 is 23.4 Å². The molecule has 3 aliphatic rings. The first-order valence-electron chi connectivity index (χ1n) is 9.43. The molecular weight excluding hydrogens is 344 g/mol. The zero-order chi connectivity index (χ0) is 19.0. The van der Waals surface area contributed by atoms with Gasteiger partial charge in [-0.1, -0.05) is 31.0 Å². The normalized spacial score (nSPS) is 26.7. The summed E-state index contributed by atoms with van der Waals surface area (Å²) in [6, 6.07) is 8.94. The molecule has 1 aliphatic carbocycles. The first-order valence-corrected chi connectivity index (χ1v) is 9.43. The topological polar surface area (TPSA) is 102 Å². The standard InChI is InChI=1S/C20H22N4O3/c21-11-14-10-20(15-7-3-4-8-16(15)23-19(20)27)12-24(14)18(26)9-17(25)22-13-5-1-2-6-13/h3-4,7-8,13-14H,1-2,5-6,9-10,12H2,(H,22,25)(H,23,27)/t14-,20-/m0/s1. The second-order valence-electron chi connectivity index (χ2n) is 7.68. The molecule has 140 valence electrons. The average molecular weight is 366 g/mol. The fraction of sp³-hybridized carbons (Fsp3) is 0.500. The van der Waals surface area contributed by atoms with Crippen LogP contribution >= 0.6 is 0 Å². The third kappa shape index (κ3) is 2.95. The molecule has 2 heterocycles. The summed E-state index contributed by atoms with van der Waals surface area (Å²) in [6.45, 7) is 0.129. The Hall–Kier alpha value is -2.88. The first-order chi connectivity index (χ1) is 13.0. The Balaban J connectivity index is 1.50. The molecule has 0 unspecified atom stereocenters. The summed E-state index contributed by atoms with van der Waals surface area (Å²) >= 11 is 0. The largest absolute Gasteiger partial charge is 0.353 e. The van der Waals surface area contributed by atoms with Crippen molar-refractivity contribution in [3.63, 3.8) is 0 Å². The molecule has 2 atom stereocenters. The zero-order valence-electron chi connectivity index (χ0n) is 15.0. The van der Waals surface area contributed by atoms with Crippen molar-refractivity contribution in [2.75, 3.05) is 11.9 Å². The molecule has 2 fully saturated rings. The van der Waals surface area contributed by atoms with E-state index in [9.17, 15) is 19.6 Å². The summed E-state index contributed by atoms with van der Waals surface area (Å²) in [7, 11) is 0. The predicted octanol–water partition coefficient (Wildman–Crippen LogP) is 1.45. The van der Waals surface area contributed by atoms with Gasteiger partial charge in [-0.05, 0) is 24.5 Å². The number of carbonyl (C=O) groups excluding carboxylic acids is 3. The van der Waals surface area contributed by atoms with E-state index in [-0.39, 0.29) is 37.2 Å². The summed E-state index contributed by atoms with van der Waals surface area (Å²) in [6.07, 6.45) is 4.06. The zero-order valence-corrected chi connectivity index (χ0v) is 15.0. The van der Waals surface area contributed by atoms with E-state index in [1.54, 1.807) is 0 Å². The molecular formula is C20H22N4O3. The Morgan fingerprint density at radius 1 is 1.30 bits per heavy atom. The number of rotatable bonds is 3. The molecule has 4 rings (SSSR count). The Kier molecular flexibility index (Phi) is 4.34. The van der Waals surface area contributed by atoms with E-state index in [1.165, 1.54) is 4.90 Å². The molecule has 2 N–H and O–H groups in total. The van der Waals surface area contributed by atoms with Gasteiger partial charge in [-0.3, -0.25) is 14.4 Å². The maximum Gasteiger partial charge on any atom is 0.237 e. The van der Waals surface area contributed by atoms with Crippen LogP contribution in [0.3, 0.4) is 0 Å². The molecule has 27 heavy (non-hydrogen) atoms. The van der Waals surface area contributed by atoms with Crippen LogP contribution in [0.4, 0.5) is 5.69 Å². The molecule has 1 saturated carbocycles. The van der Waals surface area contributed by atoms with Gasteiger partial charge in [0.05, 0.1) is 11.5 Å². The minimum absolute atomic E-state index is 0.129. The van der Waals surface area contributed by atoms with Crippen molar-refractivity contribution in [2.24, 2.45) is 0 Å². The van der Waals surface area contributed by atoms with Gasteiger partial charge in [0.15, 0.2) is 0 Å². The lowest BCUT2D eigenvalue weighted by Gasteiger charge is -2.23. The molecule has 1 aromatic carbocycles. The maximum atomic E-state index is 12.7. The molecule has 3 amide bonds. The van der Waals surface area contributed by atoms with E-state index < -0.39 is 17.4 Å². The van der Waals surface area contributed by atoms with Crippen LogP contribution in [0.5, 0.6) is 0 Å². The van der Waals surface area contributed by atoms with E-state index >= 15 is 0 Å². The highest BCUT2D eigenvalue weighted by Gasteiger charge is 2.55. The summed E-state index contributed by atoms with van der Waals surface area (Å²) in [5.74, 6) is -0.887. The summed E-state index contributed by atoms with van der Waals surface area (Å²) in [5, 5.41) is 15.3. The molecule has 2 aliphatic heterocycles. The van der Waals surface area contributed by atoms with Gasteiger partial charge in [0.1, 0.15) is 12.5 Å². The molecule has 1 spiro atoms. The number of nitrogens with zero attached hydrogens (tertiary/aromatic N) is 2. The number of nitrogens with one attached hydrogen (secondary N) is 2. The average Bonchev–Trinajstić information content (AvgIpc) is 3.35. The molecule has 0 radical (unpaired) electrons. The number of likely N-dealkylation sites (tertiary alicyclic amines) is 1. The van der Waals surface area contributed by atoms with Crippen molar-refractivity contribution in [3.8, 4) is 6.07 Å². The van der Waals surface area contributed by atoms with Crippen LogP contribution in [0, 0.1) is 11.3 Å². The van der Waals surface area contributed by atoms with Gasteiger partial charge in [-0.25, -0.2) is 0 Å². The predicted molar refractivity (Wildman–Crippen MR) is 97.5 cm³/mol. The monoisotopic (exact) mass is 366 g/mol. The minimum Gasteiger partial charge on any atom is -0.353 e. The summed E-state index contributed by atoms with van der Waals surface area (Å²) < 4.78 is 0. The quantitative estimate of drug-likeness (QED) is 0.791. The van der Waals surface area contributed by atoms with Crippen molar-refractivity contribution in [2.45, 2.75) is 56.0 Å². The van der Waals surface area contributed by atoms with Gasteiger partial charge in [-0.2, -0.15) is 5.26 Å². The molecule has 0 aromatic heterocycles. The van der Waals surface area contributed by atoms with Crippen LogP contribution < -0.4 is 10.6 Å². The SMILES string of the molecule is N#C[C@@H]1C[C@@]2(CN1C(=O)CC(=O)NC1CCCC1)C(=O)Nc1ccccc12. The van der Waals surface area contributed by atoms with Crippen LogP contribution in [-0.2, 0) is 19.8 Å². The third-order valence-corrected chi connectivity index (χ3v) is 5.99. The van der Waals surface area contributed by atoms with Gasteiger partial charge < -0.3 is 15.5 Å². The molecule has 0 bridgehead atoms. The molecule has 7 nitrogen and oxygen atoms in total. The van der Waals surface area contributed by atoms with Crippen molar-refractivity contribution in [1.82, 2.24) is 10.2 Å². The Bertz CT molecular complexity index is 840. The lowest BCUT2D eigenvalue weighted by Crippen LogP contribution is -2.42. The fourth-order valence-electron chi connectivity index (χ4n) is 4.60. The van der Waals surface area contributed by atoms with Gasteiger partial charge in [0.2, 0.25) is 17.7 Å². The van der Waals surface area contributed by atoms with E-state index in [0.29, 0.717) is 0 Å². The van der Waals surface area contributed by atoms with Crippen LogP contribution in [-0.4, -0.2) is 41.2 Å². The second kappa shape index (κ2) is 6.69. The number of carbonyl (C=O) groups is 3. The number of fused-ring (bicyclic) bond motifs is 2. The smallest absolute Gasteiger partial charge is 0.237 e. The van der Waals surface area contributed by atoms with E-state index in [0.717, 1.165) is 36.9 Å². The Morgan fingerprint density at radius 2 is 2.04 bits per heavy atom. The van der Waals surface area contributed by atoms with Crippen LogP contribution in [0.15, 0.2) is 24.3 Å². The Morgan fingerprint density at radius 3 is 2.78 bits per heavy atom. The first kappa shape index (κ1) is 17.5. The van der Waals surface area contributed by atoms with Gasteiger partial charge >= 0.3 is 0 Å². The minimum atomic E-state index is -0.908.